The highest BCUT2D eigenvalue weighted by Gasteiger charge is 2.12. The molecule has 1 aromatic rings. The minimum atomic E-state index is -1.01. The molecule has 1 amide bonds. The van der Waals surface area contributed by atoms with Crippen molar-refractivity contribution < 1.29 is 14.7 Å². The fraction of sp³-hybridized carbons (Fsp3) is 0.467. The fourth-order valence-electron chi connectivity index (χ4n) is 2.05. The maximum atomic E-state index is 11.9. The van der Waals surface area contributed by atoms with E-state index in [0.717, 1.165) is 16.8 Å². The van der Waals surface area contributed by atoms with Crippen molar-refractivity contribution in [3.8, 4) is 0 Å². The molecule has 1 rings (SSSR count). The lowest BCUT2D eigenvalue weighted by Gasteiger charge is -2.13. The Labute approximate surface area is 129 Å². The molecule has 0 aliphatic carbocycles. The summed E-state index contributed by atoms with van der Waals surface area (Å²) < 4.78 is 0. The van der Waals surface area contributed by atoms with Crippen molar-refractivity contribution >= 4 is 29.3 Å². The standard InChI is InChI=1S/C15H22N2O3S/c1-9-6-10(2)14(11(3)7-9)17-13(18)8-21-5-4-12(16)15(19)20/h6-7,12H,4-5,8,16H2,1-3H3,(H,17,18)(H,19,20). The van der Waals surface area contributed by atoms with Gasteiger partial charge in [0.25, 0.3) is 0 Å². The number of carboxylic acids is 1. The lowest BCUT2D eigenvalue weighted by atomic mass is 10.1. The highest BCUT2D eigenvalue weighted by atomic mass is 32.2. The summed E-state index contributed by atoms with van der Waals surface area (Å²) in [5.74, 6) is -0.254. The van der Waals surface area contributed by atoms with Crippen LogP contribution in [0.1, 0.15) is 23.1 Å². The van der Waals surface area contributed by atoms with Crippen LogP contribution in [0, 0.1) is 20.8 Å². The Morgan fingerprint density at radius 3 is 2.38 bits per heavy atom. The van der Waals surface area contributed by atoms with Crippen LogP contribution >= 0.6 is 11.8 Å². The molecule has 0 aliphatic rings. The Morgan fingerprint density at radius 2 is 1.86 bits per heavy atom. The van der Waals surface area contributed by atoms with Gasteiger partial charge in [-0.2, -0.15) is 11.8 Å². The van der Waals surface area contributed by atoms with Crippen molar-refractivity contribution in [2.24, 2.45) is 5.73 Å². The predicted octanol–water partition coefficient (Wildman–Crippen LogP) is 2.09. The minimum absolute atomic E-state index is 0.0843. The van der Waals surface area contributed by atoms with Gasteiger partial charge in [-0.25, -0.2) is 0 Å². The predicted molar refractivity (Wildman–Crippen MR) is 86.8 cm³/mol. The number of carbonyl (C=O) groups is 2. The molecule has 6 heteroatoms. The van der Waals surface area contributed by atoms with E-state index in [0.29, 0.717) is 17.9 Å². The van der Waals surface area contributed by atoms with E-state index in [1.165, 1.54) is 17.3 Å². The third-order valence-corrected chi connectivity index (χ3v) is 4.06. The Balaban J connectivity index is 2.43. The van der Waals surface area contributed by atoms with Gasteiger partial charge >= 0.3 is 5.97 Å². The molecule has 0 aliphatic heterocycles. The van der Waals surface area contributed by atoms with Crippen LogP contribution in [0.15, 0.2) is 12.1 Å². The van der Waals surface area contributed by atoms with Crippen molar-refractivity contribution in [2.45, 2.75) is 33.2 Å². The Morgan fingerprint density at radius 1 is 1.29 bits per heavy atom. The number of rotatable bonds is 7. The maximum absolute atomic E-state index is 11.9. The zero-order valence-corrected chi connectivity index (χ0v) is 13.4. The van der Waals surface area contributed by atoms with Crippen molar-refractivity contribution in [1.29, 1.82) is 0 Å². The topological polar surface area (TPSA) is 92.4 Å². The van der Waals surface area contributed by atoms with Crippen molar-refractivity contribution in [1.82, 2.24) is 0 Å². The first-order valence-corrected chi connectivity index (χ1v) is 7.90. The second-order valence-corrected chi connectivity index (χ2v) is 6.21. The maximum Gasteiger partial charge on any atom is 0.320 e. The van der Waals surface area contributed by atoms with Gasteiger partial charge in [-0.05, 0) is 44.1 Å². The normalized spacial score (nSPS) is 12.0. The molecule has 1 atom stereocenters. The van der Waals surface area contributed by atoms with Crippen LogP contribution in [0.5, 0.6) is 0 Å². The summed E-state index contributed by atoms with van der Waals surface area (Å²) in [5.41, 5.74) is 9.50. The third-order valence-electron chi connectivity index (χ3n) is 3.06. The highest BCUT2D eigenvalue weighted by Crippen LogP contribution is 2.22. The SMILES string of the molecule is Cc1cc(C)c(NC(=O)CSCCC(N)C(=O)O)c(C)c1. The zero-order chi connectivity index (χ0) is 16.0. The molecular formula is C15H22N2O3S. The van der Waals surface area contributed by atoms with Gasteiger partial charge in [0, 0.05) is 5.69 Å². The number of amides is 1. The molecule has 0 spiro atoms. The van der Waals surface area contributed by atoms with Crippen LogP contribution < -0.4 is 11.1 Å². The molecule has 0 saturated carbocycles. The second-order valence-electron chi connectivity index (χ2n) is 5.11. The number of thioether (sulfide) groups is 1. The van der Waals surface area contributed by atoms with Gasteiger partial charge < -0.3 is 16.2 Å². The molecule has 1 aromatic carbocycles. The van der Waals surface area contributed by atoms with Crippen LogP contribution in [-0.2, 0) is 9.59 Å². The van der Waals surface area contributed by atoms with Crippen LogP contribution in [-0.4, -0.2) is 34.5 Å². The van der Waals surface area contributed by atoms with Crippen LogP contribution in [0.3, 0.4) is 0 Å². The Bertz CT molecular complexity index is 509. The van der Waals surface area contributed by atoms with Crippen LogP contribution in [0.4, 0.5) is 5.69 Å². The van der Waals surface area contributed by atoms with Gasteiger partial charge in [-0.1, -0.05) is 17.7 Å². The largest absolute Gasteiger partial charge is 0.480 e. The summed E-state index contributed by atoms with van der Waals surface area (Å²) in [4.78, 5) is 22.5. The number of carbonyl (C=O) groups excluding carboxylic acids is 1. The molecule has 0 aromatic heterocycles. The smallest absolute Gasteiger partial charge is 0.320 e. The summed E-state index contributed by atoms with van der Waals surface area (Å²) in [6, 6.07) is 3.20. The van der Waals surface area contributed by atoms with E-state index in [1.54, 1.807) is 0 Å². The number of nitrogens with one attached hydrogen (secondary N) is 1. The average Bonchev–Trinajstić information content (AvgIpc) is 2.38. The van der Waals surface area contributed by atoms with Gasteiger partial charge in [0.05, 0.1) is 5.75 Å². The summed E-state index contributed by atoms with van der Waals surface area (Å²) >= 11 is 1.39. The lowest BCUT2D eigenvalue weighted by Crippen LogP contribution is -2.30. The van der Waals surface area contributed by atoms with Gasteiger partial charge in [-0.15, -0.1) is 0 Å². The number of anilines is 1. The molecule has 0 fully saturated rings. The molecule has 0 heterocycles. The summed E-state index contributed by atoms with van der Waals surface area (Å²) in [7, 11) is 0. The summed E-state index contributed by atoms with van der Waals surface area (Å²) in [5, 5.41) is 11.6. The first kappa shape index (κ1) is 17.5. The Kier molecular flexibility index (Phi) is 6.71. The molecule has 0 bridgehead atoms. The Hall–Kier alpha value is -1.53. The molecule has 1 unspecified atom stereocenters. The van der Waals surface area contributed by atoms with Crippen molar-refractivity contribution in [3.05, 3.63) is 28.8 Å². The minimum Gasteiger partial charge on any atom is -0.480 e. The molecule has 116 valence electrons. The first-order chi connectivity index (χ1) is 9.81. The van der Waals surface area contributed by atoms with Gasteiger partial charge in [-0.3, -0.25) is 9.59 Å². The lowest BCUT2D eigenvalue weighted by molar-refractivity contribution is -0.138. The third kappa shape index (κ3) is 5.77. The second kappa shape index (κ2) is 8.05. The monoisotopic (exact) mass is 310 g/mol. The number of aliphatic carboxylic acids is 1. The number of carboxylic acid groups (broad SMARTS) is 1. The van der Waals surface area contributed by atoms with Crippen molar-refractivity contribution in [3.63, 3.8) is 0 Å². The van der Waals surface area contributed by atoms with Crippen molar-refractivity contribution in [2.75, 3.05) is 16.8 Å². The van der Waals surface area contributed by atoms with E-state index in [1.807, 2.05) is 32.9 Å². The number of benzene rings is 1. The van der Waals surface area contributed by atoms with E-state index in [-0.39, 0.29) is 5.91 Å². The van der Waals surface area contributed by atoms with E-state index < -0.39 is 12.0 Å². The van der Waals surface area contributed by atoms with E-state index in [4.69, 9.17) is 10.8 Å². The molecule has 21 heavy (non-hydrogen) atoms. The van der Waals surface area contributed by atoms with Gasteiger partial charge in [0.15, 0.2) is 0 Å². The molecule has 4 N–H and O–H groups in total. The molecule has 0 saturated heterocycles. The average molecular weight is 310 g/mol. The fourth-order valence-corrected chi connectivity index (χ4v) is 2.87. The van der Waals surface area contributed by atoms with E-state index >= 15 is 0 Å². The molecule has 0 radical (unpaired) electrons. The number of hydrogen-bond donors (Lipinski definition) is 3. The van der Waals surface area contributed by atoms with Gasteiger partial charge in [0.1, 0.15) is 6.04 Å². The van der Waals surface area contributed by atoms with E-state index in [2.05, 4.69) is 5.32 Å². The van der Waals surface area contributed by atoms with Crippen LogP contribution in [0.25, 0.3) is 0 Å². The quantitative estimate of drug-likeness (QED) is 0.671. The zero-order valence-electron chi connectivity index (χ0n) is 12.6. The van der Waals surface area contributed by atoms with Gasteiger partial charge in [0.2, 0.25) is 5.91 Å². The molecular weight excluding hydrogens is 288 g/mol. The first-order valence-electron chi connectivity index (χ1n) is 6.75. The number of hydrogen-bond acceptors (Lipinski definition) is 4. The van der Waals surface area contributed by atoms with Crippen LogP contribution in [0.2, 0.25) is 0 Å². The van der Waals surface area contributed by atoms with E-state index in [9.17, 15) is 9.59 Å². The number of aryl methyl sites for hydroxylation is 3. The molecule has 5 nitrogen and oxygen atoms in total. The summed E-state index contributed by atoms with van der Waals surface area (Å²) in [6.45, 7) is 5.95. The number of nitrogens with two attached hydrogens (primary N) is 1. The highest BCUT2D eigenvalue weighted by molar-refractivity contribution is 7.99. The summed E-state index contributed by atoms with van der Waals surface area (Å²) in [6.07, 6.45) is 0.357.